The first-order valence-electron chi connectivity index (χ1n) is 5.68. The summed E-state index contributed by atoms with van der Waals surface area (Å²) in [6, 6.07) is 8.03. The lowest BCUT2D eigenvalue weighted by molar-refractivity contribution is 0.341. The Bertz CT molecular complexity index is 646. The highest BCUT2D eigenvalue weighted by Gasteiger charge is 2.05. The summed E-state index contributed by atoms with van der Waals surface area (Å²) < 4.78 is 6.63. The fourth-order valence-corrected chi connectivity index (χ4v) is 3.18. The van der Waals surface area contributed by atoms with Gasteiger partial charge in [-0.15, -0.1) is 0 Å². The van der Waals surface area contributed by atoms with Crippen LogP contribution in [0.15, 0.2) is 35.0 Å². The zero-order valence-electron chi connectivity index (χ0n) is 9.84. The van der Waals surface area contributed by atoms with Crippen molar-refractivity contribution in [3.63, 3.8) is 0 Å². The van der Waals surface area contributed by atoms with Crippen molar-refractivity contribution in [2.45, 2.75) is 6.92 Å². The normalized spacial score (nSPS) is 10.7. The molecule has 0 saturated carbocycles. The maximum Gasteiger partial charge on any atom is 0.188 e. The molecule has 0 spiro atoms. The molecule has 92 valence electrons. The zero-order chi connectivity index (χ0) is 12.4. The van der Waals surface area contributed by atoms with Crippen LogP contribution in [0.5, 0.6) is 5.75 Å². The van der Waals surface area contributed by atoms with Crippen LogP contribution in [-0.2, 0) is 0 Å². The minimum Gasteiger partial charge on any atom is -0.494 e. The highest BCUT2D eigenvalue weighted by Crippen LogP contribution is 2.31. The molecule has 3 aromatic rings. The maximum atomic E-state index is 5.49. The molecule has 3 rings (SSSR count). The van der Waals surface area contributed by atoms with E-state index in [1.54, 1.807) is 22.7 Å². The van der Waals surface area contributed by atoms with E-state index in [1.807, 2.05) is 36.6 Å². The summed E-state index contributed by atoms with van der Waals surface area (Å²) in [5.74, 6) is 0.899. The van der Waals surface area contributed by atoms with E-state index in [1.165, 1.54) is 0 Å². The molecule has 0 radical (unpaired) electrons. The Labute approximate surface area is 113 Å². The molecule has 0 atom stereocenters. The Morgan fingerprint density at radius 2 is 2.28 bits per heavy atom. The largest absolute Gasteiger partial charge is 0.494 e. The number of benzene rings is 1. The number of thiophene rings is 1. The average Bonchev–Trinajstić information content (AvgIpc) is 2.98. The quantitative estimate of drug-likeness (QED) is 0.761. The van der Waals surface area contributed by atoms with Gasteiger partial charge in [0.25, 0.3) is 0 Å². The highest BCUT2D eigenvalue weighted by atomic mass is 32.1. The molecule has 1 N–H and O–H groups in total. The molecule has 0 aliphatic carbocycles. The van der Waals surface area contributed by atoms with Gasteiger partial charge in [-0.2, -0.15) is 11.3 Å². The van der Waals surface area contributed by atoms with Crippen molar-refractivity contribution in [2.24, 2.45) is 0 Å². The third-order valence-electron chi connectivity index (χ3n) is 2.44. The topological polar surface area (TPSA) is 34.1 Å². The molecule has 1 aromatic carbocycles. The standard InChI is InChI=1S/C13H12N2OS2/c1-2-16-10-3-4-11-12(7-10)18-13(15-11)14-9-5-6-17-8-9/h3-8H,2H2,1H3,(H,14,15). The van der Waals surface area contributed by atoms with Gasteiger partial charge in [0.05, 0.1) is 22.5 Å². The fraction of sp³-hybridized carbons (Fsp3) is 0.154. The second-order valence-electron chi connectivity index (χ2n) is 3.72. The van der Waals surface area contributed by atoms with Crippen LogP contribution in [0, 0.1) is 0 Å². The lowest BCUT2D eigenvalue weighted by Gasteiger charge is -2.00. The van der Waals surface area contributed by atoms with Crippen LogP contribution in [0.1, 0.15) is 6.92 Å². The van der Waals surface area contributed by atoms with Gasteiger partial charge >= 0.3 is 0 Å². The number of nitrogens with one attached hydrogen (secondary N) is 1. The third kappa shape index (κ3) is 2.32. The van der Waals surface area contributed by atoms with E-state index < -0.39 is 0 Å². The number of hydrogen-bond acceptors (Lipinski definition) is 5. The van der Waals surface area contributed by atoms with E-state index in [9.17, 15) is 0 Å². The van der Waals surface area contributed by atoms with E-state index in [0.717, 1.165) is 26.8 Å². The van der Waals surface area contributed by atoms with Crippen LogP contribution in [-0.4, -0.2) is 11.6 Å². The number of fused-ring (bicyclic) bond motifs is 1. The Balaban J connectivity index is 1.90. The van der Waals surface area contributed by atoms with E-state index >= 15 is 0 Å². The predicted molar refractivity (Wildman–Crippen MR) is 78.4 cm³/mol. The number of ether oxygens (including phenoxy) is 1. The lowest BCUT2D eigenvalue weighted by atomic mass is 10.3. The monoisotopic (exact) mass is 276 g/mol. The van der Waals surface area contributed by atoms with E-state index in [2.05, 4.69) is 15.7 Å². The summed E-state index contributed by atoms with van der Waals surface area (Å²) in [5, 5.41) is 8.33. The first-order chi connectivity index (χ1) is 8.85. The molecule has 2 aromatic heterocycles. The van der Waals surface area contributed by atoms with E-state index in [-0.39, 0.29) is 0 Å². The number of nitrogens with zero attached hydrogens (tertiary/aromatic N) is 1. The Morgan fingerprint density at radius 1 is 1.33 bits per heavy atom. The zero-order valence-corrected chi connectivity index (χ0v) is 11.5. The molecule has 2 heterocycles. The Hall–Kier alpha value is -1.59. The van der Waals surface area contributed by atoms with Gasteiger partial charge in [0, 0.05) is 5.38 Å². The van der Waals surface area contributed by atoms with Gasteiger partial charge in [-0.25, -0.2) is 4.98 Å². The van der Waals surface area contributed by atoms with Crippen molar-refractivity contribution in [3.8, 4) is 5.75 Å². The number of anilines is 2. The van der Waals surface area contributed by atoms with Crippen LogP contribution in [0.25, 0.3) is 10.2 Å². The summed E-state index contributed by atoms with van der Waals surface area (Å²) in [5.41, 5.74) is 2.09. The number of hydrogen-bond donors (Lipinski definition) is 1. The third-order valence-corrected chi connectivity index (χ3v) is 4.06. The van der Waals surface area contributed by atoms with Gasteiger partial charge < -0.3 is 10.1 Å². The Morgan fingerprint density at radius 3 is 3.06 bits per heavy atom. The highest BCUT2D eigenvalue weighted by molar-refractivity contribution is 7.22. The van der Waals surface area contributed by atoms with Crippen molar-refractivity contribution in [3.05, 3.63) is 35.0 Å². The molecule has 0 aliphatic rings. The lowest BCUT2D eigenvalue weighted by Crippen LogP contribution is -1.90. The SMILES string of the molecule is CCOc1ccc2nc(Nc3ccsc3)sc2c1. The van der Waals surface area contributed by atoms with Crippen LogP contribution in [0.4, 0.5) is 10.8 Å². The maximum absolute atomic E-state index is 5.49. The van der Waals surface area contributed by atoms with Gasteiger partial charge in [0.15, 0.2) is 5.13 Å². The minimum absolute atomic E-state index is 0.685. The van der Waals surface area contributed by atoms with E-state index in [4.69, 9.17) is 4.74 Å². The van der Waals surface area contributed by atoms with Gasteiger partial charge in [0.1, 0.15) is 5.75 Å². The van der Waals surface area contributed by atoms with Crippen LogP contribution < -0.4 is 10.1 Å². The summed E-state index contributed by atoms with van der Waals surface area (Å²) in [6.07, 6.45) is 0. The molecule has 0 fully saturated rings. The molecule has 0 aliphatic heterocycles. The molecular formula is C13H12N2OS2. The van der Waals surface area contributed by atoms with Crippen molar-refractivity contribution in [1.82, 2.24) is 4.98 Å². The molecule has 0 saturated heterocycles. The van der Waals surface area contributed by atoms with Gasteiger partial charge in [-0.05, 0) is 36.6 Å². The molecule has 5 heteroatoms. The first-order valence-corrected chi connectivity index (χ1v) is 7.43. The minimum atomic E-state index is 0.685. The van der Waals surface area contributed by atoms with Crippen LogP contribution >= 0.6 is 22.7 Å². The Kier molecular flexibility index (Phi) is 3.17. The predicted octanol–water partition coefficient (Wildman–Crippen LogP) is 4.50. The second-order valence-corrected chi connectivity index (χ2v) is 5.53. The summed E-state index contributed by atoms with van der Waals surface area (Å²) in [4.78, 5) is 4.55. The van der Waals surface area contributed by atoms with Crippen molar-refractivity contribution in [2.75, 3.05) is 11.9 Å². The van der Waals surface area contributed by atoms with Crippen LogP contribution in [0.3, 0.4) is 0 Å². The van der Waals surface area contributed by atoms with Gasteiger partial charge in [-0.3, -0.25) is 0 Å². The summed E-state index contributed by atoms with van der Waals surface area (Å²) in [7, 11) is 0. The van der Waals surface area contributed by atoms with Crippen molar-refractivity contribution < 1.29 is 4.74 Å². The summed E-state index contributed by atoms with van der Waals surface area (Å²) >= 11 is 3.31. The molecular weight excluding hydrogens is 264 g/mol. The molecule has 3 nitrogen and oxygen atoms in total. The van der Waals surface area contributed by atoms with Gasteiger partial charge in [-0.1, -0.05) is 11.3 Å². The number of aromatic nitrogens is 1. The second kappa shape index (κ2) is 4.96. The van der Waals surface area contributed by atoms with Gasteiger partial charge in [0.2, 0.25) is 0 Å². The molecule has 18 heavy (non-hydrogen) atoms. The molecule has 0 bridgehead atoms. The summed E-state index contributed by atoms with van der Waals surface area (Å²) in [6.45, 7) is 2.67. The fourth-order valence-electron chi connectivity index (χ4n) is 1.67. The van der Waals surface area contributed by atoms with E-state index in [0.29, 0.717) is 6.61 Å². The number of thiazole rings is 1. The van der Waals surface area contributed by atoms with Crippen LogP contribution in [0.2, 0.25) is 0 Å². The average molecular weight is 276 g/mol. The van der Waals surface area contributed by atoms with Crippen molar-refractivity contribution >= 4 is 43.7 Å². The van der Waals surface area contributed by atoms with Crippen molar-refractivity contribution in [1.29, 1.82) is 0 Å². The number of rotatable bonds is 4. The molecule has 0 unspecified atom stereocenters. The smallest absolute Gasteiger partial charge is 0.188 e. The first kappa shape index (κ1) is 11.5. The molecule has 0 amide bonds.